The molecule has 5 nitrogen and oxygen atoms in total. The lowest BCUT2D eigenvalue weighted by Crippen LogP contribution is -2.51. The highest BCUT2D eigenvalue weighted by atomic mass is 16.4. The molecule has 5 heteroatoms. The third kappa shape index (κ3) is 2.08. The van der Waals surface area contributed by atoms with Crippen molar-refractivity contribution in [3.8, 4) is 0 Å². The van der Waals surface area contributed by atoms with Crippen molar-refractivity contribution in [1.82, 2.24) is 0 Å². The van der Waals surface area contributed by atoms with E-state index in [0.29, 0.717) is 5.69 Å². The summed E-state index contributed by atoms with van der Waals surface area (Å²) in [5.74, 6) is -2.60. The van der Waals surface area contributed by atoms with Gasteiger partial charge in [0.25, 0.3) is 0 Å². The molecule has 2 bridgehead atoms. The van der Waals surface area contributed by atoms with Gasteiger partial charge in [0.05, 0.1) is 23.1 Å². The second-order valence-corrected chi connectivity index (χ2v) is 8.72. The van der Waals surface area contributed by atoms with Crippen molar-refractivity contribution in [3.63, 3.8) is 0 Å². The number of hydrogen-bond donors (Lipinski definition) is 1. The molecule has 7 rings (SSSR count). The van der Waals surface area contributed by atoms with E-state index in [9.17, 15) is 19.5 Å². The van der Waals surface area contributed by atoms with Crippen LogP contribution >= 0.6 is 0 Å². The van der Waals surface area contributed by atoms with Crippen LogP contribution in [0.2, 0.25) is 0 Å². The first-order valence-electron chi connectivity index (χ1n) is 10.3. The largest absolute Gasteiger partial charge is 0.478 e. The molecule has 1 heterocycles. The zero-order valence-electron chi connectivity index (χ0n) is 16.8. The zero-order valence-corrected chi connectivity index (χ0v) is 16.8. The lowest BCUT2D eigenvalue weighted by molar-refractivity contribution is -0.123. The maximum absolute atomic E-state index is 13.8. The quantitative estimate of drug-likeness (QED) is 0.651. The normalized spacial score (nSPS) is 27.6. The molecule has 152 valence electrons. The first-order chi connectivity index (χ1) is 14.9. The first-order valence-corrected chi connectivity index (χ1v) is 10.3. The van der Waals surface area contributed by atoms with Gasteiger partial charge < -0.3 is 5.11 Å². The second-order valence-electron chi connectivity index (χ2n) is 8.72. The molecule has 2 atom stereocenters. The summed E-state index contributed by atoms with van der Waals surface area (Å²) in [4.78, 5) is 40.0. The Hall–Kier alpha value is -3.73. The molecule has 1 fully saturated rings. The Kier molecular flexibility index (Phi) is 3.45. The van der Waals surface area contributed by atoms with E-state index < -0.39 is 23.2 Å². The Labute approximate surface area is 178 Å². The van der Waals surface area contributed by atoms with Crippen molar-refractivity contribution in [2.45, 2.75) is 18.3 Å². The van der Waals surface area contributed by atoms with E-state index in [1.54, 1.807) is 12.1 Å². The van der Waals surface area contributed by atoms with Crippen molar-refractivity contribution < 1.29 is 19.5 Å². The van der Waals surface area contributed by atoms with E-state index in [1.165, 1.54) is 17.0 Å². The zero-order chi connectivity index (χ0) is 21.5. The van der Waals surface area contributed by atoms with E-state index in [4.69, 9.17) is 0 Å². The average Bonchev–Trinajstić information content (AvgIpc) is 3.06. The molecular formula is C26H19NO4. The molecular weight excluding hydrogens is 390 g/mol. The minimum absolute atomic E-state index is 0.118. The van der Waals surface area contributed by atoms with Crippen molar-refractivity contribution in [3.05, 3.63) is 101 Å². The van der Waals surface area contributed by atoms with E-state index in [1.807, 2.05) is 24.3 Å². The third-order valence-corrected chi connectivity index (χ3v) is 7.42. The fourth-order valence-electron chi connectivity index (χ4n) is 6.16. The molecule has 0 unspecified atom stereocenters. The lowest BCUT2D eigenvalue weighted by Gasteiger charge is -2.52. The predicted octanol–water partition coefficient (Wildman–Crippen LogP) is 3.96. The van der Waals surface area contributed by atoms with Gasteiger partial charge in [0.2, 0.25) is 11.8 Å². The van der Waals surface area contributed by atoms with Crippen LogP contribution in [0.25, 0.3) is 0 Å². The fourth-order valence-corrected chi connectivity index (χ4v) is 6.16. The van der Waals surface area contributed by atoms with Gasteiger partial charge in [-0.1, -0.05) is 55.5 Å². The number of carbonyl (C=O) groups is 3. The molecule has 3 aliphatic carbocycles. The topological polar surface area (TPSA) is 74.7 Å². The summed E-state index contributed by atoms with van der Waals surface area (Å²) in [5.41, 5.74) is 4.41. The van der Waals surface area contributed by atoms with Gasteiger partial charge in [-0.05, 0) is 46.5 Å². The van der Waals surface area contributed by atoms with E-state index in [2.05, 4.69) is 31.2 Å². The van der Waals surface area contributed by atoms with Crippen LogP contribution in [0.1, 0.15) is 45.5 Å². The molecule has 1 saturated heterocycles. The minimum Gasteiger partial charge on any atom is -0.478 e. The monoisotopic (exact) mass is 409 g/mol. The van der Waals surface area contributed by atoms with Gasteiger partial charge >= 0.3 is 5.97 Å². The molecule has 3 aromatic carbocycles. The molecule has 0 saturated carbocycles. The molecule has 3 aromatic rings. The van der Waals surface area contributed by atoms with Crippen molar-refractivity contribution in [2.75, 3.05) is 4.90 Å². The van der Waals surface area contributed by atoms with Gasteiger partial charge in [-0.2, -0.15) is 0 Å². The standard InChI is InChI=1S/C26H19NO4/c1-26-18-8-4-2-6-16(18)20(17-7-3-5-9-19(17)26)21-22(26)24(29)27(23(21)28)15-12-10-14(11-13-15)25(30)31/h2-13,20-22H,1H3,(H,30,31)/t20?,21-,22-,26?/m0/s1. The summed E-state index contributed by atoms with van der Waals surface area (Å²) in [7, 11) is 0. The second kappa shape index (κ2) is 5.91. The van der Waals surface area contributed by atoms with E-state index in [-0.39, 0.29) is 23.3 Å². The number of hydrogen-bond acceptors (Lipinski definition) is 3. The third-order valence-electron chi connectivity index (χ3n) is 7.42. The Balaban J connectivity index is 1.55. The smallest absolute Gasteiger partial charge is 0.335 e. The Bertz CT molecular complexity index is 1250. The molecule has 0 spiro atoms. The number of carbonyl (C=O) groups excluding carboxylic acids is 2. The maximum Gasteiger partial charge on any atom is 0.335 e. The van der Waals surface area contributed by atoms with Crippen LogP contribution in [0.5, 0.6) is 0 Å². The highest BCUT2D eigenvalue weighted by Gasteiger charge is 2.66. The molecule has 1 aliphatic heterocycles. The number of benzene rings is 3. The number of rotatable bonds is 2. The number of aromatic carboxylic acids is 1. The average molecular weight is 409 g/mol. The Morgan fingerprint density at radius 1 is 0.839 bits per heavy atom. The molecule has 31 heavy (non-hydrogen) atoms. The SMILES string of the molecule is CC12c3ccccc3C(c3ccccc31)[C@@H]1C(=O)N(c3ccc(C(=O)O)cc3)C(=O)[C@H]12. The van der Waals surface area contributed by atoms with E-state index >= 15 is 0 Å². The summed E-state index contributed by atoms with van der Waals surface area (Å²) >= 11 is 0. The molecule has 4 aliphatic rings. The number of imide groups is 1. The highest BCUT2D eigenvalue weighted by Crippen LogP contribution is 2.64. The number of amides is 2. The van der Waals surface area contributed by atoms with Crippen LogP contribution < -0.4 is 4.90 Å². The van der Waals surface area contributed by atoms with Crippen LogP contribution in [-0.4, -0.2) is 22.9 Å². The van der Waals surface area contributed by atoms with Crippen LogP contribution in [0, 0.1) is 11.8 Å². The maximum atomic E-state index is 13.8. The predicted molar refractivity (Wildman–Crippen MR) is 114 cm³/mol. The number of nitrogens with zero attached hydrogens (tertiary/aromatic N) is 1. The summed E-state index contributed by atoms with van der Waals surface area (Å²) in [6.07, 6.45) is 0. The molecule has 1 N–H and O–H groups in total. The van der Waals surface area contributed by atoms with Gasteiger partial charge in [-0.3, -0.25) is 9.59 Å². The lowest BCUT2D eigenvalue weighted by atomic mass is 9.48. The first kappa shape index (κ1) is 18.1. The van der Waals surface area contributed by atoms with Crippen molar-refractivity contribution >= 4 is 23.5 Å². The summed E-state index contributed by atoms with van der Waals surface area (Å²) < 4.78 is 0. The van der Waals surface area contributed by atoms with Crippen molar-refractivity contribution in [1.29, 1.82) is 0 Å². The van der Waals surface area contributed by atoms with Crippen LogP contribution in [0.15, 0.2) is 72.8 Å². The Morgan fingerprint density at radius 2 is 1.39 bits per heavy atom. The van der Waals surface area contributed by atoms with Crippen molar-refractivity contribution in [2.24, 2.45) is 11.8 Å². The van der Waals surface area contributed by atoms with Gasteiger partial charge in [-0.15, -0.1) is 0 Å². The summed E-state index contributed by atoms with van der Waals surface area (Å²) in [6, 6.07) is 22.2. The Morgan fingerprint density at radius 3 is 1.94 bits per heavy atom. The van der Waals surface area contributed by atoms with Gasteiger partial charge in [0, 0.05) is 11.3 Å². The van der Waals surface area contributed by atoms with E-state index in [0.717, 1.165) is 22.3 Å². The number of carboxylic acids is 1. The summed E-state index contributed by atoms with van der Waals surface area (Å²) in [6.45, 7) is 2.08. The van der Waals surface area contributed by atoms with Gasteiger partial charge in [-0.25, -0.2) is 9.69 Å². The molecule has 2 amide bonds. The minimum atomic E-state index is -1.05. The van der Waals surface area contributed by atoms with Gasteiger partial charge in [0.1, 0.15) is 0 Å². The van der Waals surface area contributed by atoms with Crippen LogP contribution in [-0.2, 0) is 15.0 Å². The fraction of sp³-hybridized carbons (Fsp3) is 0.192. The highest BCUT2D eigenvalue weighted by molar-refractivity contribution is 6.23. The number of anilines is 1. The number of carboxylic acid groups (broad SMARTS) is 1. The molecule has 0 aromatic heterocycles. The van der Waals surface area contributed by atoms with Crippen LogP contribution in [0.4, 0.5) is 5.69 Å². The summed E-state index contributed by atoms with van der Waals surface area (Å²) in [5, 5.41) is 9.18. The van der Waals surface area contributed by atoms with Crippen LogP contribution in [0.3, 0.4) is 0 Å². The van der Waals surface area contributed by atoms with Gasteiger partial charge in [0.15, 0.2) is 0 Å². The molecule has 0 radical (unpaired) electrons.